The van der Waals surface area contributed by atoms with Gasteiger partial charge in [0.15, 0.2) is 9.84 Å². The number of rotatable bonds is 6. The molecule has 2 N–H and O–H groups in total. The van der Waals surface area contributed by atoms with Crippen LogP contribution in [0.15, 0.2) is 17.5 Å². The van der Waals surface area contributed by atoms with Gasteiger partial charge >= 0.3 is 0 Å². The summed E-state index contributed by atoms with van der Waals surface area (Å²) < 4.78 is 23.8. The van der Waals surface area contributed by atoms with Crippen LogP contribution in [0.2, 0.25) is 0 Å². The zero-order valence-electron chi connectivity index (χ0n) is 12.7. The first-order valence-electron chi connectivity index (χ1n) is 7.54. The highest BCUT2D eigenvalue weighted by molar-refractivity contribution is 7.91. The predicted molar refractivity (Wildman–Crippen MR) is 87.4 cm³/mol. The second-order valence-electron chi connectivity index (χ2n) is 6.09. The van der Waals surface area contributed by atoms with Crippen LogP contribution in [0, 0.1) is 0 Å². The molecule has 1 saturated carbocycles. The highest BCUT2D eigenvalue weighted by atomic mass is 32.2. The third-order valence-electron chi connectivity index (χ3n) is 4.20. The van der Waals surface area contributed by atoms with Gasteiger partial charge in [-0.2, -0.15) is 0 Å². The normalized spacial score (nSPS) is 26.4. The lowest BCUT2D eigenvalue weighted by atomic mass is 9.93. The maximum Gasteiger partial charge on any atom is 0.151 e. The van der Waals surface area contributed by atoms with Gasteiger partial charge in [0, 0.05) is 23.2 Å². The van der Waals surface area contributed by atoms with Gasteiger partial charge in [0.05, 0.1) is 11.4 Å². The van der Waals surface area contributed by atoms with Crippen molar-refractivity contribution in [2.45, 2.75) is 62.5 Å². The van der Waals surface area contributed by atoms with E-state index in [1.54, 1.807) is 11.3 Å². The molecule has 1 aliphatic rings. The van der Waals surface area contributed by atoms with E-state index in [1.807, 2.05) is 24.4 Å². The maximum absolute atomic E-state index is 11.9. The van der Waals surface area contributed by atoms with Crippen LogP contribution in [0.25, 0.3) is 0 Å². The number of sulfone groups is 1. The van der Waals surface area contributed by atoms with Crippen molar-refractivity contribution in [1.29, 1.82) is 0 Å². The van der Waals surface area contributed by atoms with Gasteiger partial charge < -0.3 is 10.4 Å². The van der Waals surface area contributed by atoms with E-state index in [2.05, 4.69) is 5.32 Å². The van der Waals surface area contributed by atoms with Gasteiger partial charge in [-0.1, -0.05) is 18.9 Å². The van der Waals surface area contributed by atoms with Crippen LogP contribution < -0.4 is 5.32 Å². The Labute approximate surface area is 131 Å². The molecule has 4 unspecified atom stereocenters. The van der Waals surface area contributed by atoms with Crippen molar-refractivity contribution in [3.63, 3.8) is 0 Å². The Kier molecular flexibility index (Phi) is 5.82. The Balaban J connectivity index is 1.92. The summed E-state index contributed by atoms with van der Waals surface area (Å²) in [5.41, 5.74) is 0. The van der Waals surface area contributed by atoms with E-state index < -0.39 is 15.9 Å². The van der Waals surface area contributed by atoms with Crippen LogP contribution in [-0.4, -0.2) is 37.1 Å². The molecule has 1 fully saturated rings. The summed E-state index contributed by atoms with van der Waals surface area (Å²) in [6.45, 7) is 2.02. The van der Waals surface area contributed by atoms with E-state index >= 15 is 0 Å². The first-order valence-corrected chi connectivity index (χ1v) is 10.4. The van der Waals surface area contributed by atoms with Crippen molar-refractivity contribution in [2.24, 2.45) is 0 Å². The van der Waals surface area contributed by atoms with Crippen LogP contribution in [0.5, 0.6) is 0 Å². The quantitative estimate of drug-likeness (QED) is 0.840. The Hall–Kier alpha value is -0.430. The fourth-order valence-corrected chi connectivity index (χ4v) is 5.30. The minimum absolute atomic E-state index is 0.0132. The van der Waals surface area contributed by atoms with E-state index in [0.29, 0.717) is 6.42 Å². The molecule has 0 saturated heterocycles. The van der Waals surface area contributed by atoms with Crippen molar-refractivity contribution >= 4 is 21.2 Å². The van der Waals surface area contributed by atoms with Gasteiger partial charge in [-0.15, -0.1) is 11.3 Å². The highest BCUT2D eigenvalue weighted by Crippen LogP contribution is 2.26. The minimum atomic E-state index is -3.02. The summed E-state index contributed by atoms with van der Waals surface area (Å²) in [6.07, 6.45) is 5.17. The zero-order valence-corrected chi connectivity index (χ0v) is 14.3. The smallest absolute Gasteiger partial charge is 0.151 e. The third-order valence-corrected chi connectivity index (χ3v) is 6.84. The van der Waals surface area contributed by atoms with Crippen LogP contribution >= 0.6 is 11.3 Å². The lowest BCUT2D eigenvalue weighted by Crippen LogP contribution is -2.49. The molecule has 1 aromatic heterocycles. The summed E-state index contributed by atoms with van der Waals surface area (Å²) in [6, 6.07) is 3.97. The Bertz CT molecular complexity index is 527. The Morgan fingerprint density at radius 1 is 1.43 bits per heavy atom. The molecule has 0 radical (unpaired) electrons. The average Bonchev–Trinajstić information content (AvgIpc) is 2.91. The molecule has 0 amide bonds. The maximum atomic E-state index is 11.9. The zero-order chi connectivity index (χ0) is 15.5. The fraction of sp³-hybridized carbons (Fsp3) is 0.733. The molecule has 120 valence electrons. The highest BCUT2D eigenvalue weighted by Gasteiger charge is 2.33. The molecule has 2 rings (SSSR count). The second-order valence-corrected chi connectivity index (χ2v) is 9.34. The van der Waals surface area contributed by atoms with Crippen LogP contribution in [-0.2, 0) is 9.84 Å². The molecule has 1 aliphatic carbocycles. The average molecular weight is 332 g/mol. The number of hydrogen-bond donors (Lipinski definition) is 2. The molecule has 6 heteroatoms. The number of aliphatic hydroxyl groups is 1. The largest absolute Gasteiger partial charge is 0.388 e. The van der Waals surface area contributed by atoms with Crippen LogP contribution in [0.1, 0.15) is 50.0 Å². The van der Waals surface area contributed by atoms with Gasteiger partial charge in [-0.25, -0.2) is 8.42 Å². The Morgan fingerprint density at radius 2 is 2.14 bits per heavy atom. The lowest BCUT2D eigenvalue weighted by Gasteiger charge is -2.33. The summed E-state index contributed by atoms with van der Waals surface area (Å²) in [5.74, 6) is 0. The van der Waals surface area contributed by atoms with E-state index in [9.17, 15) is 13.5 Å². The molecule has 4 nitrogen and oxygen atoms in total. The Morgan fingerprint density at radius 3 is 2.76 bits per heavy atom. The van der Waals surface area contributed by atoms with Gasteiger partial charge in [-0.05, 0) is 37.6 Å². The topological polar surface area (TPSA) is 66.4 Å². The predicted octanol–water partition coefficient (Wildman–Crippen LogP) is 2.51. The second kappa shape index (κ2) is 7.22. The fourth-order valence-electron chi connectivity index (χ4n) is 3.17. The van der Waals surface area contributed by atoms with E-state index in [-0.39, 0.29) is 17.3 Å². The van der Waals surface area contributed by atoms with E-state index in [4.69, 9.17) is 0 Å². The van der Waals surface area contributed by atoms with Crippen LogP contribution in [0.3, 0.4) is 0 Å². The monoisotopic (exact) mass is 331 g/mol. The number of aliphatic hydroxyl groups excluding tert-OH is 1. The number of hydrogen-bond acceptors (Lipinski definition) is 5. The summed E-state index contributed by atoms with van der Waals surface area (Å²) in [4.78, 5) is 0.965. The van der Waals surface area contributed by atoms with Crippen LogP contribution in [0.4, 0.5) is 0 Å². The van der Waals surface area contributed by atoms with Crippen molar-refractivity contribution in [1.82, 2.24) is 5.32 Å². The molecule has 21 heavy (non-hydrogen) atoms. The number of nitrogens with one attached hydrogen (secondary N) is 1. The standard InChI is InChI=1S/C15H25NO3S2/c1-11(10-13(17)14-7-5-9-20-14)16-12-6-3-4-8-15(12)21(2,18)19/h5,7,9,11-13,15-17H,3-4,6,8,10H2,1-2H3. The third kappa shape index (κ3) is 4.77. The molecule has 4 atom stereocenters. The molecule has 0 aromatic carbocycles. The van der Waals surface area contributed by atoms with Crippen molar-refractivity contribution in [3.05, 3.63) is 22.4 Å². The molecular weight excluding hydrogens is 306 g/mol. The van der Waals surface area contributed by atoms with E-state index in [0.717, 1.165) is 30.6 Å². The molecule has 0 aliphatic heterocycles. The van der Waals surface area contributed by atoms with Gasteiger partial charge in [-0.3, -0.25) is 0 Å². The molecule has 0 bridgehead atoms. The van der Waals surface area contributed by atoms with E-state index in [1.165, 1.54) is 6.26 Å². The first-order chi connectivity index (χ1) is 9.88. The van der Waals surface area contributed by atoms with Crippen molar-refractivity contribution < 1.29 is 13.5 Å². The van der Waals surface area contributed by atoms with Gasteiger partial charge in [0.1, 0.15) is 0 Å². The molecule has 1 heterocycles. The van der Waals surface area contributed by atoms with Gasteiger partial charge in [0.2, 0.25) is 0 Å². The molecule has 0 spiro atoms. The minimum Gasteiger partial charge on any atom is -0.388 e. The lowest BCUT2D eigenvalue weighted by molar-refractivity contribution is 0.153. The number of thiophene rings is 1. The molecule has 1 aromatic rings. The van der Waals surface area contributed by atoms with Crippen molar-refractivity contribution in [2.75, 3.05) is 6.26 Å². The van der Waals surface area contributed by atoms with Crippen molar-refractivity contribution in [3.8, 4) is 0 Å². The summed E-state index contributed by atoms with van der Waals surface area (Å²) >= 11 is 1.55. The molecular formula is C15H25NO3S2. The summed E-state index contributed by atoms with van der Waals surface area (Å²) in [5, 5.41) is 15.3. The summed E-state index contributed by atoms with van der Waals surface area (Å²) in [7, 11) is -3.02. The van der Waals surface area contributed by atoms with Gasteiger partial charge in [0.25, 0.3) is 0 Å². The first kappa shape index (κ1) is 16.9. The SMILES string of the molecule is CC(CC(O)c1cccs1)NC1CCCCC1S(C)(=O)=O.